The lowest BCUT2D eigenvalue weighted by Gasteiger charge is -2.35. The molecule has 0 aliphatic carbocycles. The number of nitrogens with one attached hydrogen (secondary N) is 1. The summed E-state index contributed by atoms with van der Waals surface area (Å²) in [6.07, 6.45) is 3.74. The van der Waals surface area contributed by atoms with Gasteiger partial charge in [0.1, 0.15) is 0 Å². The van der Waals surface area contributed by atoms with Crippen LogP contribution < -0.4 is 5.32 Å². The van der Waals surface area contributed by atoms with Gasteiger partial charge in [-0.15, -0.1) is 0 Å². The summed E-state index contributed by atoms with van der Waals surface area (Å²) in [6.45, 7) is 1.32. The molecular weight excluding hydrogens is 266 g/mol. The van der Waals surface area contributed by atoms with Crippen molar-refractivity contribution in [3.8, 4) is 6.07 Å². The van der Waals surface area contributed by atoms with Crippen LogP contribution in [0.3, 0.4) is 0 Å². The van der Waals surface area contributed by atoms with E-state index in [4.69, 9.17) is 10.4 Å². The van der Waals surface area contributed by atoms with Crippen LogP contribution in [0.2, 0.25) is 0 Å². The molecule has 5 nitrogen and oxygen atoms in total. The molecule has 5 heteroatoms. The number of benzene rings is 1. The number of rotatable bonds is 4. The van der Waals surface area contributed by atoms with Crippen molar-refractivity contribution in [2.45, 2.75) is 38.3 Å². The molecule has 1 aromatic rings. The van der Waals surface area contributed by atoms with Gasteiger partial charge in [-0.05, 0) is 43.4 Å². The van der Waals surface area contributed by atoms with Crippen molar-refractivity contribution >= 4 is 6.03 Å². The fourth-order valence-electron chi connectivity index (χ4n) is 2.69. The molecule has 2 rings (SSSR count). The van der Waals surface area contributed by atoms with Crippen LogP contribution in [0.25, 0.3) is 0 Å². The van der Waals surface area contributed by atoms with Gasteiger partial charge in [0.15, 0.2) is 0 Å². The van der Waals surface area contributed by atoms with Gasteiger partial charge < -0.3 is 15.3 Å². The Morgan fingerprint density at radius 1 is 1.38 bits per heavy atom. The standard InChI is InChI=1S/C16H21N3O2/c17-11-13-4-6-14(7-5-13)12-18-16(21)19-9-2-1-3-15(19)8-10-20/h4-7,15,20H,1-3,8-10,12H2,(H,18,21). The van der Waals surface area contributed by atoms with Crippen molar-refractivity contribution in [2.24, 2.45) is 0 Å². The topological polar surface area (TPSA) is 76.4 Å². The first-order chi connectivity index (χ1) is 10.2. The molecule has 1 saturated heterocycles. The number of urea groups is 1. The van der Waals surface area contributed by atoms with Gasteiger partial charge in [0.05, 0.1) is 11.6 Å². The highest BCUT2D eigenvalue weighted by Crippen LogP contribution is 2.19. The Balaban J connectivity index is 1.89. The molecule has 21 heavy (non-hydrogen) atoms. The number of carbonyl (C=O) groups is 1. The lowest BCUT2D eigenvalue weighted by Crippen LogP contribution is -2.48. The third-order valence-electron chi connectivity index (χ3n) is 3.88. The largest absolute Gasteiger partial charge is 0.396 e. The molecule has 1 unspecified atom stereocenters. The first-order valence-electron chi connectivity index (χ1n) is 7.39. The molecule has 1 aliphatic rings. The summed E-state index contributed by atoms with van der Waals surface area (Å²) in [5.41, 5.74) is 1.59. The average molecular weight is 287 g/mol. The summed E-state index contributed by atoms with van der Waals surface area (Å²) in [6, 6.07) is 9.33. The van der Waals surface area contributed by atoms with Gasteiger partial charge >= 0.3 is 6.03 Å². The maximum atomic E-state index is 12.3. The molecule has 1 aliphatic heterocycles. The molecular formula is C16H21N3O2. The highest BCUT2D eigenvalue weighted by atomic mass is 16.3. The number of likely N-dealkylation sites (tertiary alicyclic amines) is 1. The molecule has 1 atom stereocenters. The number of hydrogen-bond acceptors (Lipinski definition) is 3. The third kappa shape index (κ3) is 4.20. The Kier molecular flexibility index (Phi) is 5.59. The molecule has 112 valence electrons. The fraction of sp³-hybridized carbons (Fsp3) is 0.500. The van der Waals surface area contributed by atoms with E-state index in [9.17, 15) is 4.79 Å². The highest BCUT2D eigenvalue weighted by Gasteiger charge is 2.25. The molecule has 1 heterocycles. The van der Waals surface area contributed by atoms with Crippen molar-refractivity contribution in [3.63, 3.8) is 0 Å². The van der Waals surface area contributed by atoms with E-state index in [0.29, 0.717) is 18.5 Å². The highest BCUT2D eigenvalue weighted by molar-refractivity contribution is 5.74. The molecule has 0 bridgehead atoms. The van der Waals surface area contributed by atoms with Gasteiger partial charge in [0.2, 0.25) is 0 Å². The van der Waals surface area contributed by atoms with Gasteiger partial charge in [0, 0.05) is 25.7 Å². The van der Waals surface area contributed by atoms with E-state index in [0.717, 1.165) is 31.4 Å². The maximum Gasteiger partial charge on any atom is 0.317 e. The molecule has 0 aromatic heterocycles. The monoisotopic (exact) mass is 287 g/mol. The predicted octanol–water partition coefficient (Wildman–Crippen LogP) is 2.00. The summed E-state index contributed by atoms with van der Waals surface area (Å²) < 4.78 is 0. The van der Waals surface area contributed by atoms with Crippen molar-refractivity contribution in [1.82, 2.24) is 10.2 Å². The van der Waals surface area contributed by atoms with E-state index >= 15 is 0 Å². The quantitative estimate of drug-likeness (QED) is 0.889. The first-order valence-corrected chi connectivity index (χ1v) is 7.39. The second-order valence-corrected chi connectivity index (χ2v) is 5.32. The molecule has 0 saturated carbocycles. The van der Waals surface area contributed by atoms with Crippen LogP contribution in [0.5, 0.6) is 0 Å². The van der Waals surface area contributed by atoms with Gasteiger partial charge in [-0.3, -0.25) is 0 Å². The number of aliphatic hydroxyl groups excluding tert-OH is 1. The Bertz CT molecular complexity index is 505. The number of amides is 2. The van der Waals surface area contributed by atoms with E-state index in [2.05, 4.69) is 11.4 Å². The number of piperidine rings is 1. The van der Waals surface area contributed by atoms with E-state index in [1.807, 2.05) is 17.0 Å². The van der Waals surface area contributed by atoms with Crippen LogP contribution in [0, 0.1) is 11.3 Å². The first kappa shape index (κ1) is 15.3. The van der Waals surface area contributed by atoms with E-state index in [1.54, 1.807) is 12.1 Å². The molecule has 2 N–H and O–H groups in total. The Morgan fingerprint density at radius 3 is 2.81 bits per heavy atom. The van der Waals surface area contributed by atoms with E-state index in [1.165, 1.54) is 0 Å². The number of nitriles is 1. The summed E-state index contributed by atoms with van der Waals surface area (Å²) in [5, 5.41) is 20.8. The van der Waals surface area contributed by atoms with Crippen molar-refractivity contribution in [2.75, 3.05) is 13.2 Å². The minimum atomic E-state index is -0.0718. The lowest BCUT2D eigenvalue weighted by atomic mass is 10.0. The van der Waals surface area contributed by atoms with E-state index < -0.39 is 0 Å². The van der Waals surface area contributed by atoms with Crippen molar-refractivity contribution < 1.29 is 9.90 Å². The zero-order valence-corrected chi connectivity index (χ0v) is 12.1. The number of nitrogens with zero attached hydrogens (tertiary/aromatic N) is 2. The van der Waals surface area contributed by atoms with Crippen LogP contribution in [0.15, 0.2) is 24.3 Å². The zero-order valence-electron chi connectivity index (χ0n) is 12.1. The molecule has 2 amide bonds. The van der Waals surface area contributed by atoms with Crippen LogP contribution in [-0.2, 0) is 6.54 Å². The second kappa shape index (κ2) is 7.65. The third-order valence-corrected chi connectivity index (χ3v) is 3.88. The summed E-state index contributed by atoms with van der Waals surface area (Å²) in [5.74, 6) is 0. The molecule has 0 spiro atoms. The second-order valence-electron chi connectivity index (χ2n) is 5.32. The molecule has 1 aromatic carbocycles. The Morgan fingerprint density at radius 2 is 2.14 bits per heavy atom. The van der Waals surface area contributed by atoms with Gasteiger partial charge in [-0.25, -0.2) is 4.79 Å². The van der Waals surface area contributed by atoms with Crippen molar-refractivity contribution in [3.05, 3.63) is 35.4 Å². The van der Waals surface area contributed by atoms with E-state index in [-0.39, 0.29) is 18.7 Å². The Hall–Kier alpha value is -2.06. The number of carbonyl (C=O) groups excluding carboxylic acids is 1. The minimum absolute atomic E-state index is 0.0718. The normalized spacial score (nSPS) is 18.1. The average Bonchev–Trinajstić information content (AvgIpc) is 2.54. The smallest absolute Gasteiger partial charge is 0.317 e. The maximum absolute atomic E-state index is 12.3. The van der Waals surface area contributed by atoms with Gasteiger partial charge in [-0.1, -0.05) is 12.1 Å². The number of hydrogen-bond donors (Lipinski definition) is 2. The van der Waals surface area contributed by atoms with Crippen LogP contribution in [0.4, 0.5) is 4.79 Å². The predicted molar refractivity (Wildman–Crippen MR) is 79.4 cm³/mol. The van der Waals surface area contributed by atoms with Crippen molar-refractivity contribution in [1.29, 1.82) is 5.26 Å². The van der Waals surface area contributed by atoms with Gasteiger partial charge in [-0.2, -0.15) is 5.26 Å². The van der Waals surface area contributed by atoms with Crippen LogP contribution in [0.1, 0.15) is 36.8 Å². The fourth-order valence-corrected chi connectivity index (χ4v) is 2.69. The molecule has 1 fully saturated rings. The Labute approximate surface area is 125 Å². The van der Waals surface area contributed by atoms with Crippen LogP contribution in [-0.4, -0.2) is 35.2 Å². The lowest BCUT2D eigenvalue weighted by molar-refractivity contribution is 0.131. The zero-order chi connectivity index (χ0) is 15.1. The summed E-state index contributed by atoms with van der Waals surface area (Å²) in [4.78, 5) is 14.1. The van der Waals surface area contributed by atoms with Crippen LogP contribution >= 0.6 is 0 Å². The molecule has 0 radical (unpaired) electrons. The minimum Gasteiger partial charge on any atom is -0.396 e. The van der Waals surface area contributed by atoms with Gasteiger partial charge in [0.25, 0.3) is 0 Å². The number of aliphatic hydroxyl groups is 1. The summed E-state index contributed by atoms with van der Waals surface area (Å²) in [7, 11) is 0. The SMILES string of the molecule is N#Cc1ccc(CNC(=O)N2CCCCC2CCO)cc1. The summed E-state index contributed by atoms with van der Waals surface area (Å²) >= 11 is 0.